The maximum absolute atomic E-state index is 12.0. The lowest BCUT2D eigenvalue weighted by Crippen LogP contribution is -2.24. The maximum Gasteiger partial charge on any atom is 0.157 e. The summed E-state index contributed by atoms with van der Waals surface area (Å²) in [4.78, 5) is 12.0. The van der Waals surface area contributed by atoms with Gasteiger partial charge in [0.25, 0.3) is 0 Å². The maximum atomic E-state index is 12.0. The number of ketones is 1. The number of fused-ring (bicyclic) bond motifs is 1. The molecule has 1 heterocycles. The molecule has 3 heteroatoms. The molecule has 0 saturated carbocycles. The van der Waals surface area contributed by atoms with Crippen LogP contribution in [-0.4, -0.2) is 10.4 Å². The van der Waals surface area contributed by atoms with Gasteiger partial charge >= 0.3 is 0 Å². The molecule has 2 aromatic rings. The highest BCUT2D eigenvalue weighted by molar-refractivity contribution is 9.10. The van der Waals surface area contributed by atoms with E-state index in [0.29, 0.717) is 6.54 Å². The minimum Gasteiger partial charge on any atom is -0.340 e. The second-order valence-electron chi connectivity index (χ2n) is 5.32. The van der Waals surface area contributed by atoms with Gasteiger partial charge in [0.15, 0.2) is 5.78 Å². The number of carbonyl (C=O) groups is 1. The van der Waals surface area contributed by atoms with Crippen molar-refractivity contribution < 1.29 is 4.79 Å². The van der Waals surface area contributed by atoms with Gasteiger partial charge in [-0.2, -0.15) is 0 Å². The Morgan fingerprint density at radius 2 is 2.00 bits per heavy atom. The Morgan fingerprint density at radius 3 is 2.65 bits per heavy atom. The molecule has 2 rings (SSSR count). The van der Waals surface area contributed by atoms with Crippen LogP contribution in [0.2, 0.25) is 0 Å². The van der Waals surface area contributed by atoms with Gasteiger partial charge in [0.05, 0.1) is 6.54 Å². The summed E-state index contributed by atoms with van der Waals surface area (Å²) in [5.74, 6) is 0.245. The van der Waals surface area contributed by atoms with Gasteiger partial charge in [-0.25, -0.2) is 0 Å². The second-order valence-corrected chi connectivity index (χ2v) is 6.24. The number of rotatable bonds is 2. The number of nitrogens with zero attached hydrogens (tertiary/aromatic N) is 1. The van der Waals surface area contributed by atoms with Crippen LogP contribution in [0.1, 0.15) is 20.8 Å². The number of aromatic nitrogens is 1. The van der Waals surface area contributed by atoms with Crippen LogP contribution in [0.25, 0.3) is 10.9 Å². The third kappa shape index (κ3) is 2.60. The molecule has 1 aromatic heterocycles. The molecular formula is C14H16BrNO. The summed E-state index contributed by atoms with van der Waals surface area (Å²) in [5, 5.41) is 1.16. The van der Waals surface area contributed by atoms with Crippen molar-refractivity contribution in [3.05, 3.63) is 34.9 Å². The van der Waals surface area contributed by atoms with Crippen molar-refractivity contribution in [1.29, 1.82) is 0 Å². The van der Waals surface area contributed by atoms with E-state index in [-0.39, 0.29) is 11.2 Å². The number of Topliss-reactive ketones (excluding diaryl/α,β-unsaturated/α-hetero) is 1. The lowest BCUT2D eigenvalue weighted by atomic mass is 9.91. The van der Waals surface area contributed by atoms with Crippen LogP contribution in [0.4, 0.5) is 0 Å². The zero-order valence-electron chi connectivity index (χ0n) is 10.3. The van der Waals surface area contributed by atoms with Crippen molar-refractivity contribution in [2.75, 3.05) is 0 Å². The molecule has 0 fully saturated rings. The van der Waals surface area contributed by atoms with Crippen molar-refractivity contribution in [3.63, 3.8) is 0 Å². The average molecular weight is 294 g/mol. The minimum absolute atomic E-state index is 0.245. The van der Waals surface area contributed by atoms with E-state index in [4.69, 9.17) is 0 Å². The molecule has 0 radical (unpaired) electrons. The topological polar surface area (TPSA) is 22.0 Å². The molecule has 0 unspecified atom stereocenters. The average Bonchev–Trinajstić information content (AvgIpc) is 2.60. The van der Waals surface area contributed by atoms with Gasteiger partial charge in [0, 0.05) is 21.6 Å². The van der Waals surface area contributed by atoms with E-state index in [1.54, 1.807) is 0 Å². The molecule has 0 aliphatic rings. The van der Waals surface area contributed by atoms with Crippen molar-refractivity contribution >= 4 is 32.6 Å². The number of benzene rings is 1. The molecule has 2 nitrogen and oxygen atoms in total. The first-order valence-electron chi connectivity index (χ1n) is 5.65. The first kappa shape index (κ1) is 12.4. The van der Waals surface area contributed by atoms with Gasteiger partial charge in [0.2, 0.25) is 0 Å². The summed E-state index contributed by atoms with van der Waals surface area (Å²) in [5.41, 5.74) is 0.805. The van der Waals surface area contributed by atoms with Crippen molar-refractivity contribution in [3.8, 4) is 0 Å². The predicted octanol–water partition coefficient (Wildman–Crippen LogP) is 4.02. The molecule has 0 N–H and O–H groups in total. The molecule has 1 aromatic carbocycles. The van der Waals surface area contributed by atoms with Crippen molar-refractivity contribution in [2.45, 2.75) is 27.3 Å². The molecule has 17 heavy (non-hydrogen) atoms. The number of hydrogen-bond acceptors (Lipinski definition) is 1. The van der Waals surface area contributed by atoms with E-state index in [2.05, 4.69) is 22.0 Å². The SMILES string of the molecule is CC(C)(C)C(=O)Cn1ccc2ccc(Br)cc21. The summed E-state index contributed by atoms with van der Waals surface area (Å²) in [7, 11) is 0. The summed E-state index contributed by atoms with van der Waals surface area (Å²) in [6.45, 7) is 6.30. The van der Waals surface area contributed by atoms with Crippen LogP contribution in [0.3, 0.4) is 0 Å². The third-order valence-corrected chi connectivity index (χ3v) is 3.38. The Morgan fingerprint density at radius 1 is 1.29 bits per heavy atom. The standard InChI is InChI=1S/C14H16BrNO/c1-14(2,3)13(17)9-16-7-6-10-4-5-11(15)8-12(10)16/h4-8H,9H2,1-3H3. The third-order valence-electron chi connectivity index (χ3n) is 2.89. The van der Waals surface area contributed by atoms with Gasteiger partial charge in [-0.15, -0.1) is 0 Å². The molecule has 0 aliphatic carbocycles. The molecular weight excluding hydrogens is 278 g/mol. The van der Waals surface area contributed by atoms with Gasteiger partial charge in [0.1, 0.15) is 0 Å². The predicted molar refractivity (Wildman–Crippen MR) is 74.1 cm³/mol. The van der Waals surface area contributed by atoms with Crippen LogP contribution in [0.15, 0.2) is 34.9 Å². The molecule has 0 saturated heterocycles. The van der Waals surface area contributed by atoms with E-state index in [1.807, 2.05) is 49.7 Å². The van der Waals surface area contributed by atoms with Crippen molar-refractivity contribution in [1.82, 2.24) is 4.57 Å². The number of carbonyl (C=O) groups excluding carboxylic acids is 1. The van der Waals surface area contributed by atoms with Crippen LogP contribution in [0.5, 0.6) is 0 Å². The normalized spacial score (nSPS) is 12.0. The highest BCUT2D eigenvalue weighted by Gasteiger charge is 2.21. The van der Waals surface area contributed by atoms with E-state index in [1.165, 1.54) is 0 Å². The lowest BCUT2D eigenvalue weighted by Gasteiger charge is -2.17. The highest BCUT2D eigenvalue weighted by atomic mass is 79.9. The smallest absolute Gasteiger partial charge is 0.157 e. The Hall–Kier alpha value is -1.09. The Labute approximate surface area is 110 Å². The molecule has 0 amide bonds. The fraction of sp³-hybridized carbons (Fsp3) is 0.357. The number of halogens is 1. The summed E-state index contributed by atoms with van der Waals surface area (Å²) in [6.07, 6.45) is 1.97. The quantitative estimate of drug-likeness (QED) is 0.820. The van der Waals surface area contributed by atoms with Crippen LogP contribution in [-0.2, 0) is 11.3 Å². The largest absolute Gasteiger partial charge is 0.340 e. The first-order valence-corrected chi connectivity index (χ1v) is 6.45. The van der Waals surface area contributed by atoms with E-state index < -0.39 is 0 Å². The molecule has 0 bridgehead atoms. The fourth-order valence-corrected chi connectivity index (χ4v) is 2.04. The molecule has 0 aliphatic heterocycles. The molecule has 0 atom stereocenters. The number of hydrogen-bond donors (Lipinski definition) is 0. The zero-order chi connectivity index (χ0) is 12.6. The van der Waals surface area contributed by atoms with Crippen LogP contribution in [0, 0.1) is 5.41 Å². The van der Waals surface area contributed by atoms with Crippen molar-refractivity contribution in [2.24, 2.45) is 5.41 Å². The van der Waals surface area contributed by atoms with E-state index in [0.717, 1.165) is 15.4 Å². The second kappa shape index (κ2) is 4.30. The summed E-state index contributed by atoms with van der Waals surface area (Å²) >= 11 is 3.46. The van der Waals surface area contributed by atoms with E-state index in [9.17, 15) is 4.79 Å². The Bertz CT molecular complexity index is 563. The molecule has 0 spiro atoms. The Kier molecular flexibility index (Phi) is 3.13. The zero-order valence-corrected chi connectivity index (χ0v) is 11.9. The summed E-state index contributed by atoms with van der Waals surface area (Å²) in [6, 6.07) is 8.15. The van der Waals surface area contributed by atoms with Gasteiger partial charge < -0.3 is 4.57 Å². The van der Waals surface area contributed by atoms with E-state index >= 15 is 0 Å². The van der Waals surface area contributed by atoms with Crippen LogP contribution < -0.4 is 0 Å². The van der Waals surface area contributed by atoms with Gasteiger partial charge in [-0.05, 0) is 23.6 Å². The van der Waals surface area contributed by atoms with Crippen LogP contribution >= 0.6 is 15.9 Å². The fourth-order valence-electron chi connectivity index (χ4n) is 1.69. The van der Waals surface area contributed by atoms with Gasteiger partial charge in [-0.1, -0.05) is 42.8 Å². The lowest BCUT2D eigenvalue weighted by molar-refractivity contribution is -0.126. The molecule has 90 valence electrons. The van der Waals surface area contributed by atoms with Gasteiger partial charge in [-0.3, -0.25) is 4.79 Å². The minimum atomic E-state index is -0.289. The highest BCUT2D eigenvalue weighted by Crippen LogP contribution is 2.22. The first-order chi connectivity index (χ1) is 7.88. The summed E-state index contributed by atoms with van der Waals surface area (Å²) < 4.78 is 3.04. The Balaban J connectivity index is 2.37. The monoisotopic (exact) mass is 293 g/mol.